The van der Waals surface area contributed by atoms with Crippen molar-refractivity contribution in [2.75, 3.05) is 0 Å². The van der Waals surface area contributed by atoms with Crippen molar-refractivity contribution in [3.8, 4) is 0 Å². The molecule has 0 bridgehead atoms. The van der Waals surface area contributed by atoms with Crippen LogP contribution in [0.25, 0.3) is 10.9 Å². The number of carbonyl (C=O) groups is 1. The number of para-hydroxylation sites is 1. The maximum absolute atomic E-state index is 12.8. The van der Waals surface area contributed by atoms with Crippen LogP contribution in [0.1, 0.15) is 17.2 Å². The Kier molecular flexibility index (Phi) is 4.70. The molecule has 0 spiro atoms. The molecule has 1 N–H and O–H groups in total. The average Bonchev–Trinajstić information content (AvgIpc) is 3.31. The van der Waals surface area contributed by atoms with E-state index in [0.717, 1.165) is 22.0 Å². The molecule has 1 atom stereocenters. The van der Waals surface area contributed by atoms with Crippen LogP contribution in [0.15, 0.2) is 73.2 Å². The van der Waals surface area contributed by atoms with Gasteiger partial charge in [0.15, 0.2) is 0 Å². The quantitative estimate of drug-likeness (QED) is 0.576. The number of benzene rings is 2. The average molecular weight is 359 g/mol. The minimum Gasteiger partial charge on any atom is -0.350 e. The number of aryl methyl sites for hydroxylation is 1. The number of rotatable bonds is 6. The van der Waals surface area contributed by atoms with E-state index in [1.54, 1.807) is 17.2 Å². The maximum atomic E-state index is 12.8. The third-order valence-electron chi connectivity index (χ3n) is 4.68. The van der Waals surface area contributed by atoms with Gasteiger partial charge in [-0.15, -0.1) is 0 Å². The first kappa shape index (κ1) is 17.0. The van der Waals surface area contributed by atoms with Gasteiger partial charge in [0.25, 0.3) is 0 Å². The van der Waals surface area contributed by atoms with Gasteiger partial charge in [0.1, 0.15) is 0 Å². The summed E-state index contributed by atoms with van der Waals surface area (Å²) >= 11 is 0. The summed E-state index contributed by atoms with van der Waals surface area (Å²) in [7, 11) is 2.00. The lowest BCUT2D eigenvalue weighted by Crippen LogP contribution is -2.33. The Balaban J connectivity index is 1.54. The highest BCUT2D eigenvalue weighted by Gasteiger charge is 2.17. The van der Waals surface area contributed by atoms with Gasteiger partial charge in [0.2, 0.25) is 5.91 Å². The first-order chi connectivity index (χ1) is 13.2. The van der Waals surface area contributed by atoms with Crippen molar-refractivity contribution >= 4 is 16.8 Å². The Bertz CT molecular complexity index is 1040. The zero-order chi connectivity index (χ0) is 18.6. The van der Waals surface area contributed by atoms with E-state index in [0.29, 0.717) is 13.0 Å². The van der Waals surface area contributed by atoms with Crippen molar-refractivity contribution in [3.05, 3.63) is 84.3 Å². The summed E-state index contributed by atoms with van der Waals surface area (Å²) in [5.41, 5.74) is 3.18. The number of carbonyl (C=O) groups excluding carboxylic acids is 1. The molecule has 4 rings (SSSR count). The summed E-state index contributed by atoms with van der Waals surface area (Å²) < 4.78 is 2.06. The van der Waals surface area contributed by atoms with Crippen LogP contribution in [-0.4, -0.2) is 25.5 Å². The lowest BCUT2D eigenvalue weighted by molar-refractivity contribution is -0.121. The Labute approximate surface area is 157 Å². The Hall–Kier alpha value is -3.41. The van der Waals surface area contributed by atoms with E-state index in [1.165, 1.54) is 0 Å². The van der Waals surface area contributed by atoms with E-state index < -0.39 is 0 Å². The first-order valence-corrected chi connectivity index (χ1v) is 8.92. The molecule has 0 fully saturated rings. The van der Waals surface area contributed by atoms with Crippen LogP contribution in [-0.2, 0) is 24.8 Å². The molecule has 0 aliphatic carbocycles. The van der Waals surface area contributed by atoms with Crippen LogP contribution in [0.5, 0.6) is 0 Å². The highest BCUT2D eigenvalue weighted by molar-refractivity contribution is 5.89. The molecule has 136 valence electrons. The summed E-state index contributed by atoms with van der Waals surface area (Å²) in [4.78, 5) is 14.4. The topological polar surface area (TPSA) is 64.7 Å². The number of amides is 1. The molecule has 6 nitrogen and oxygen atoms in total. The van der Waals surface area contributed by atoms with Crippen molar-refractivity contribution in [1.82, 2.24) is 24.9 Å². The molecule has 6 heteroatoms. The van der Waals surface area contributed by atoms with Gasteiger partial charge in [-0.3, -0.25) is 4.79 Å². The lowest BCUT2D eigenvalue weighted by atomic mass is 10.1. The number of nitrogens with zero attached hydrogens (tertiary/aromatic N) is 4. The lowest BCUT2D eigenvalue weighted by Gasteiger charge is -2.18. The number of fused-ring (bicyclic) bond motifs is 1. The molecule has 0 aliphatic heterocycles. The van der Waals surface area contributed by atoms with Gasteiger partial charge >= 0.3 is 0 Å². The maximum Gasteiger partial charge on any atom is 0.225 e. The van der Waals surface area contributed by atoms with E-state index >= 15 is 0 Å². The van der Waals surface area contributed by atoms with Gasteiger partial charge in [0, 0.05) is 24.1 Å². The third kappa shape index (κ3) is 3.74. The molecule has 0 radical (unpaired) electrons. The van der Waals surface area contributed by atoms with Crippen LogP contribution >= 0.6 is 0 Å². The Morgan fingerprint density at radius 2 is 1.74 bits per heavy atom. The molecule has 1 unspecified atom stereocenters. The highest BCUT2D eigenvalue weighted by Crippen LogP contribution is 2.21. The van der Waals surface area contributed by atoms with Crippen molar-refractivity contribution in [3.63, 3.8) is 0 Å². The molecular formula is C21H21N5O. The molecule has 2 aromatic carbocycles. The van der Waals surface area contributed by atoms with Gasteiger partial charge in [-0.05, 0) is 17.2 Å². The van der Waals surface area contributed by atoms with Crippen molar-refractivity contribution < 1.29 is 4.79 Å². The number of nitrogens with one attached hydrogen (secondary N) is 1. The van der Waals surface area contributed by atoms with Crippen molar-refractivity contribution in [1.29, 1.82) is 0 Å². The van der Waals surface area contributed by atoms with E-state index in [9.17, 15) is 4.79 Å². The fraction of sp³-hybridized carbons (Fsp3) is 0.190. The number of hydrogen-bond acceptors (Lipinski definition) is 3. The number of hydrogen-bond donors (Lipinski definition) is 1. The monoisotopic (exact) mass is 359 g/mol. The first-order valence-electron chi connectivity index (χ1n) is 8.92. The minimum atomic E-state index is -0.193. The minimum absolute atomic E-state index is 0.0210. The zero-order valence-corrected chi connectivity index (χ0v) is 15.1. The van der Waals surface area contributed by atoms with E-state index in [-0.39, 0.29) is 11.9 Å². The fourth-order valence-electron chi connectivity index (χ4n) is 3.41. The van der Waals surface area contributed by atoms with Gasteiger partial charge < -0.3 is 9.88 Å². The summed E-state index contributed by atoms with van der Waals surface area (Å²) in [6, 6.07) is 17.8. The van der Waals surface area contributed by atoms with Crippen molar-refractivity contribution in [2.24, 2.45) is 7.05 Å². The summed E-state index contributed by atoms with van der Waals surface area (Å²) in [6.45, 7) is 0.484. The van der Waals surface area contributed by atoms with Gasteiger partial charge in [0.05, 0.1) is 31.4 Å². The Morgan fingerprint density at radius 3 is 2.52 bits per heavy atom. The standard InChI is InChI=1S/C21H21N5O/c1-25-14-17(18-9-5-6-10-20(18)25)13-21(27)24-19(15-26-22-11-12-23-26)16-7-3-2-4-8-16/h2-12,14,19H,13,15H2,1H3,(H,24,27). The molecule has 0 saturated heterocycles. The van der Waals surface area contributed by atoms with Crippen LogP contribution in [0, 0.1) is 0 Å². The SMILES string of the molecule is Cn1cc(CC(=O)NC(Cn2nccn2)c2ccccc2)c2ccccc21. The molecule has 4 aromatic rings. The second kappa shape index (κ2) is 7.45. The van der Waals surface area contributed by atoms with Crippen LogP contribution < -0.4 is 5.32 Å². The van der Waals surface area contributed by atoms with E-state index in [2.05, 4.69) is 32.2 Å². The fourth-order valence-corrected chi connectivity index (χ4v) is 3.41. The molecular weight excluding hydrogens is 338 g/mol. The molecule has 2 aromatic heterocycles. The predicted molar refractivity (Wildman–Crippen MR) is 104 cm³/mol. The summed E-state index contributed by atoms with van der Waals surface area (Å²) in [6.07, 6.45) is 5.63. The second-order valence-corrected chi connectivity index (χ2v) is 6.57. The molecule has 27 heavy (non-hydrogen) atoms. The molecule has 0 saturated carbocycles. The van der Waals surface area contributed by atoms with E-state index in [1.807, 2.05) is 55.7 Å². The smallest absolute Gasteiger partial charge is 0.225 e. The predicted octanol–water partition coefficient (Wildman–Crippen LogP) is 2.87. The molecule has 1 amide bonds. The van der Waals surface area contributed by atoms with E-state index in [4.69, 9.17) is 0 Å². The normalized spacial score (nSPS) is 12.2. The van der Waals surface area contributed by atoms with Gasteiger partial charge in [-0.2, -0.15) is 15.0 Å². The second-order valence-electron chi connectivity index (χ2n) is 6.57. The summed E-state index contributed by atoms with van der Waals surface area (Å²) in [5.74, 6) is -0.0210. The molecule has 0 aliphatic rings. The molecule has 2 heterocycles. The van der Waals surface area contributed by atoms with Gasteiger partial charge in [-0.1, -0.05) is 48.5 Å². The van der Waals surface area contributed by atoms with Crippen LogP contribution in [0.4, 0.5) is 0 Å². The zero-order valence-electron chi connectivity index (χ0n) is 15.1. The Morgan fingerprint density at radius 1 is 1.04 bits per heavy atom. The van der Waals surface area contributed by atoms with Gasteiger partial charge in [-0.25, -0.2) is 0 Å². The largest absolute Gasteiger partial charge is 0.350 e. The van der Waals surface area contributed by atoms with Crippen molar-refractivity contribution in [2.45, 2.75) is 19.0 Å². The third-order valence-corrected chi connectivity index (χ3v) is 4.68. The number of aromatic nitrogens is 4. The highest BCUT2D eigenvalue weighted by atomic mass is 16.1. The van der Waals surface area contributed by atoms with Crippen LogP contribution in [0.2, 0.25) is 0 Å². The van der Waals surface area contributed by atoms with Crippen LogP contribution in [0.3, 0.4) is 0 Å². The summed E-state index contributed by atoms with van der Waals surface area (Å²) in [5, 5.41) is 12.6.